The van der Waals surface area contributed by atoms with Crippen molar-refractivity contribution in [1.82, 2.24) is 4.98 Å². The Morgan fingerprint density at radius 1 is 1.45 bits per heavy atom. The monoisotopic (exact) mass is 150 g/mol. The maximum Gasteiger partial charge on any atom is 0.106 e. The van der Waals surface area contributed by atoms with E-state index in [-0.39, 0.29) is 5.54 Å². The summed E-state index contributed by atoms with van der Waals surface area (Å²) in [6.45, 7) is 1.17. The van der Waals surface area contributed by atoms with Crippen LogP contribution >= 0.6 is 0 Å². The Morgan fingerprint density at radius 2 is 2.27 bits per heavy atom. The van der Waals surface area contributed by atoms with E-state index in [0.29, 0.717) is 13.2 Å². The number of rotatable bonds is 1. The predicted molar refractivity (Wildman–Crippen MR) is 40.9 cm³/mol. The first-order chi connectivity index (χ1) is 5.31. The Bertz CT molecular complexity index is 244. The van der Waals surface area contributed by atoms with E-state index in [1.807, 2.05) is 18.2 Å². The summed E-state index contributed by atoms with van der Waals surface area (Å²) in [6.07, 6.45) is 1.75. The van der Waals surface area contributed by atoms with Gasteiger partial charge in [0.1, 0.15) is 5.54 Å². The highest BCUT2D eigenvalue weighted by Crippen LogP contribution is 2.23. The van der Waals surface area contributed by atoms with Crippen LogP contribution in [0.5, 0.6) is 0 Å². The van der Waals surface area contributed by atoms with Crippen LogP contribution in [0.25, 0.3) is 0 Å². The maximum absolute atomic E-state index is 5.94. The minimum atomic E-state index is -0.318. The molecule has 58 valence electrons. The summed E-state index contributed by atoms with van der Waals surface area (Å²) < 4.78 is 5.03. The minimum Gasteiger partial charge on any atom is -0.377 e. The number of nitrogens with zero attached hydrogens (tertiary/aromatic N) is 1. The molecule has 0 saturated carbocycles. The summed E-state index contributed by atoms with van der Waals surface area (Å²) in [5.74, 6) is 0. The van der Waals surface area contributed by atoms with Gasteiger partial charge < -0.3 is 10.5 Å². The number of pyridine rings is 1. The van der Waals surface area contributed by atoms with Crippen LogP contribution in [0, 0.1) is 0 Å². The highest BCUT2D eigenvalue weighted by Gasteiger charge is 2.37. The van der Waals surface area contributed by atoms with Gasteiger partial charge in [0, 0.05) is 6.20 Å². The molecule has 0 radical (unpaired) electrons. The molecule has 3 heteroatoms. The van der Waals surface area contributed by atoms with Gasteiger partial charge in [-0.05, 0) is 12.1 Å². The topological polar surface area (TPSA) is 48.1 Å². The van der Waals surface area contributed by atoms with Crippen LogP contribution in [-0.4, -0.2) is 18.2 Å². The first-order valence-electron chi connectivity index (χ1n) is 3.59. The SMILES string of the molecule is NC1(c2ccccn2)COC1. The van der Waals surface area contributed by atoms with Crippen molar-refractivity contribution in [3.8, 4) is 0 Å². The van der Waals surface area contributed by atoms with Crippen molar-refractivity contribution < 1.29 is 4.74 Å². The highest BCUT2D eigenvalue weighted by atomic mass is 16.5. The fourth-order valence-electron chi connectivity index (χ4n) is 1.13. The number of nitrogens with two attached hydrogens (primary N) is 1. The van der Waals surface area contributed by atoms with Crippen LogP contribution in [-0.2, 0) is 10.3 Å². The third-order valence-corrected chi connectivity index (χ3v) is 1.89. The largest absolute Gasteiger partial charge is 0.377 e. The van der Waals surface area contributed by atoms with Crippen molar-refractivity contribution in [2.24, 2.45) is 5.73 Å². The maximum atomic E-state index is 5.94. The highest BCUT2D eigenvalue weighted by molar-refractivity contribution is 5.17. The van der Waals surface area contributed by atoms with Crippen molar-refractivity contribution in [1.29, 1.82) is 0 Å². The van der Waals surface area contributed by atoms with Gasteiger partial charge in [0.15, 0.2) is 0 Å². The number of hydrogen-bond acceptors (Lipinski definition) is 3. The molecule has 1 aromatic rings. The van der Waals surface area contributed by atoms with Crippen LogP contribution in [0.15, 0.2) is 24.4 Å². The molecule has 1 aliphatic rings. The van der Waals surface area contributed by atoms with E-state index in [1.165, 1.54) is 0 Å². The van der Waals surface area contributed by atoms with Gasteiger partial charge in [-0.25, -0.2) is 0 Å². The lowest BCUT2D eigenvalue weighted by atomic mass is 9.94. The molecule has 2 N–H and O–H groups in total. The lowest BCUT2D eigenvalue weighted by Gasteiger charge is -2.36. The molecule has 1 aliphatic heterocycles. The Labute approximate surface area is 65.2 Å². The van der Waals surface area contributed by atoms with Gasteiger partial charge in [-0.15, -0.1) is 0 Å². The molecule has 0 atom stereocenters. The van der Waals surface area contributed by atoms with Crippen LogP contribution < -0.4 is 5.73 Å². The summed E-state index contributed by atoms with van der Waals surface area (Å²) >= 11 is 0. The molecule has 11 heavy (non-hydrogen) atoms. The number of ether oxygens (including phenoxy) is 1. The summed E-state index contributed by atoms with van der Waals surface area (Å²) in [7, 11) is 0. The van der Waals surface area contributed by atoms with Crippen molar-refractivity contribution in [2.45, 2.75) is 5.54 Å². The molecular weight excluding hydrogens is 140 g/mol. The zero-order chi connectivity index (χ0) is 7.73. The summed E-state index contributed by atoms with van der Waals surface area (Å²) in [5.41, 5.74) is 6.54. The average molecular weight is 150 g/mol. The Morgan fingerprint density at radius 3 is 2.73 bits per heavy atom. The lowest BCUT2D eigenvalue weighted by Crippen LogP contribution is -2.54. The second-order valence-corrected chi connectivity index (χ2v) is 2.86. The molecule has 0 spiro atoms. The fourth-order valence-corrected chi connectivity index (χ4v) is 1.13. The quantitative estimate of drug-likeness (QED) is 0.625. The molecule has 0 unspecified atom stereocenters. The molecular formula is C8H10N2O. The smallest absolute Gasteiger partial charge is 0.106 e. The predicted octanol–water partition coefficient (Wildman–Crippen LogP) is 0.266. The third-order valence-electron chi connectivity index (χ3n) is 1.89. The average Bonchev–Trinajstić information content (AvgIpc) is 2.02. The summed E-state index contributed by atoms with van der Waals surface area (Å²) in [6, 6.07) is 5.75. The van der Waals surface area contributed by atoms with E-state index < -0.39 is 0 Å². The van der Waals surface area contributed by atoms with E-state index in [0.717, 1.165) is 5.69 Å². The van der Waals surface area contributed by atoms with Gasteiger partial charge in [0.2, 0.25) is 0 Å². The molecule has 1 aromatic heterocycles. The van der Waals surface area contributed by atoms with Crippen molar-refractivity contribution in [3.63, 3.8) is 0 Å². The Kier molecular flexibility index (Phi) is 1.41. The number of hydrogen-bond donors (Lipinski definition) is 1. The molecule has 0 aliphatic carbocycles. The van der Waals surface area contributed by atoms with E-state index in [4.69, 9.17) is 10.5 Å². The van der Waals surface area contributed by atoms with Gasteiger partial charge >= 0.3 is 0 Å². The van der Waals surface area contributed by atoms with E-state index in [9.17, 15) is 0 Å². The van der Waals surface area contributed by atoms with Crippen LogP contribution in [0.2, 0.25) is 0 Å². The van der Waals surface area contributed by atoms with E-state index in [2.05, 4.69) is 4.98 Å². The second-order valence-electron chi connectivity index (χ2n) is 2.86. The van der Waals surface area contributed by atoms with Gasteiger partial charge in [0.05, 0.1) is 18.9 Å². The first-order valence-corrected chi connectivity index (χ1v) is 3.59. The van der Waals surface area contributed by atoms with Crippen LogP contribution in [0.3, 0.4) is 0 Å². The number of aromatic nitrogens is 1. The normalized spacial score (nSPS) is 20.8. The molecule has 3 nitrogen and oxygen atoms in total. The molecule has 2 rings (SSSR count). The van der Waals surface area contributed by atoms with Crippen LogP contribution in [0.4, 0.5) is 0 Å². The molecule has 0 amide bonds. The van der Waals surface area contributed by atoms with Crippen molar-refractivity contribution >= 4 is 0 Å². The van der Waals surface area contributed by atoms with Gasteiger partial charge in [-0.3, -0.25) is 4.98 Å². The molecule has 0 aromatic carbocycles. The summed E-state index contributed by atoms with van der Waals surface area (Å²) in [4.78, 5) is 4.17. The van der Waals surface area contributed by atoms with Crippen LogP contribution in [0.1, 0.15) is 5.69 Å². The molecule has 1 saturated heterocycles. The van der Waals surface area contributed by atoms with Crippen molar-refractivity contribution in [2.75, 3.05) is 13.2 Å². The molecule has 1 fully saturated rings. The van der Waals surface area contributed by atoms with Gasteiger partial charge in [-0.1, -0.05) is 6.07 Å². The Balaban J connectivity index is 2.29. The van der Waals surface area contributed by atoms with Gasteiger partial charge in [0.25, 0.3) is 0 Å². The minimum absolute atomic E-state index is 0.318. The van der Waals surface area contributed by atoms with E-state index in [1.54, 1.807) is 6.20 Å². The molecule has 0 bridgehead atoms. The van der Waals surface area contributed by atoms with Crippen molar-refractivity contribution in [3.05, 3.63) is 30.1 Å². The van der Waals surface area contributed by atoms with E-state index >= 15 is 0 Å². The zero-order valence-electron chi connectivity index (χ0n) is 6.16. The molecule has 2 heterocycles. The lowest BCUT2D eigenvalue weighted by molar-refractivity contribution is -0.0590. The summed E-state index contributed by atoms with van der Waals surface area (Å²) in [5, 5.41) is 0. The fraction of sp³-hybridized carbons (Fsp3) is 0.375. The second kappa shape index (κ2) is 2.29. The Hall–Kier alpha value is -0.930. The zero-order valence-corrected chi connectivity index (χ0v) is 6.16. The third kappa shape index (κ3) is 1.02. The first kappa shape index (κ1) is 6.76. The van der Waals surface area contributed by atoms with Gasteiger partial charge in [-0.2, -0.15) is 0 Å². The standard InChI is InChI=1S/C8H10N2O/c9-8(5-11-6-8)7-3-1-2-4-10-7/h1-4H,5-6,9H2.